The number of halogens is 2. The molecule has 0 heterocycles. The Morgan fingerprint density at radius 2 is 2.24 bits per heavy atom. The lowest BCUT2D eigenvalue weighted by Crippen LogP contribution is -2.32. The Hall–Kier alpha value is -1.33. The van der Waals surface area contributed by atoms with E-state index in [-0.39, 0.29) is 17.9 Å². The third kappa shape index (κ3) is 3.31. The maximum atomic E-state index is 13.7. The zero-order valence-corrected chi connectivity index (χ0v) is 10.1. The molecule has 1 rings (SSSR count). The maximum Gasteiger partial charge on any atom is 0.342 e. The second-order valence-corrected chi connectivity index (χ2v) is 3.89. The molecule has 1 aromatic rings. The van der Waals surface area contributed by atoms with Gasteiger partial charge in [-0.3, -0.25) is 0 Å². The van der Waals surface area contributed by atoms with Crippen molar-refractivity contribution in [3.05, 3.63) is 28.8 Å². The Morgan fingerprint density at radius 3 is 2.82 bits per heavy atom. The van der Waals surface area contributed by atoms with Gasteiger partial charge >= 0.3 is 5.97 Å². The van der Waals surface area contributed by atoms with Gasteiger partial charge in [-0.05, 0) is 30.7 Å². The fourth-order valence-corrected chi connectivity index (χ4v) is 1.54. The molecule has 0 aromatic heterocycles. The first-order valence-electron chi connectivity index (χ1n) is 5.08. The number of hydrogen-bond donors (Lipinski definition) is 2. The highest BCUT2D eigenvalue weighted by Crippen LogP contribution is 2.26. The van der Waals surface area contributed by atoms with E-state index in [2.05, 4.69) is 4.74 Å². The molecule has 4 N–H and O–H groups in total. The van der Waals surface area contributed by atoms with Gasteiger partial charge in [0.05, 0.1) is 12.6 Å². The van der Waals surface area contributed by atoms with Gasteiger partial charge in [0.15, 0.2) is 0 Å². The normalized spacial score (nSPS) is 14.1. The van der Waals surface area contributed by atoms with E-state index >= 15 is 0 Å². The Kier molecular flexibility index (Phi) is 4.72. The van der Waals surface area contributed by atoms with Crippen molar-refractivity contribution in [1.29, 1.82) is 0 Å². The van der Waals surface area contributed by atoms with Crippen LogP contribution in [0.5, 0.6) is 0 Å². The zero-order valence-electron chi connectivity index (χ0n) is 9.32. The van der Waals surface area contributed by atoms with Crippen LogP contribution in [0.25, 0.3) is 0 Å². The van der Waals surface area contributed by atoms with Gasteiger partial charge < -0.3 is 16.2 Å². The van der Waals surface area contributed by atoms with Gasteiger partial charge in [0, 0.05) is 10.7 Å². The Labute approximate surface area is 104 Å². The fraction of sp³-hybridized carbons (Fsp3) is 0.364. The summed E-state index contributed by atoms with van der Waals surface area (Å²) in [5.41, 5.74) is 11.8. The van der Waals surface area contributed by atoms with Crippen LogP contribution >= 0.6 is 11.6 Å². The van der Waals surface area contributed by atoms with Gasteiger partial charge in [-0.2, -0.15) is 0 Å². The molecular weight excluding hydrogens is 247 g/mol. The molecule has 0 radical (unpaired) electrons. The molecule has 1 aromatic carbocycles. The van der Waals surface area contributed by atoms with E-state index in [4.69, 9.17) is 23.1 Å². The number of esters is 1. The van der Waals surface area contributed by atoms with Crippen LogP contribution in [-0.2, 0) is 9.53 Å². The first kappa shape index (κ1) is 13.7. The van der Waals surface area contributed by atoms with Crippen molar-refractivity contribution in [3.8, 4) is 0 Å². The van der Waals surface area contributed by atoms with Gasteiger partial charge in [0.2, 0.25) is 6.17 Å². The summed E-state index contributed by atoms with van der Waals surface area (Å²) in [4.78, 5) is 11.2. The Balaban J connectivity index is 2.91. The summed E-state index contributed by atoms with van der Waals surface area (Å²) in [7, 11) is 0. The smallest absolute Gasteiger partial charge is 0.342 e. The first-order chi connectivity index (χ1) is 7.97. The van der Waals surface area contributed by atoms with Crippen molar-refractivity contribution in [2.75, 3.05) is 12.3 Å². The van der Waals surface area contributed by atoms with E-state index in [0.29, 0.717) is 5.02 Å². The first-order valence-corrected chi connectivity index (χ1v) is 5.46. The molecule has 0 aliphatic heterocycles. The van der Waals surface area contributed by atoms with Crippen LogP contribution in [0.3, 0.4) is 0 Å². The SMILES string of the molecule is CCOC(=O)C(F)[C@H](N)c1cc(Cl)ccc1N. The van der Waals surface area contributed by atoms with E-state index in [0.717, 1.165) is 0 Å². The molecule has 94 valence electrons. The summed E-state index contributed by atoms with van der Waals surface area (Å²) in [6.07, 6.45) is -1.96. The molecule has 0 fully saturated rings. The minimum absolute atomic E-state index is 0.0942. The summed E-state index contributed by atoms with van der Waals surface area (Å²) < 4.78 is 18.2. The number of hydrogen-bond acceptors (Lipinski definition) is 4. The number of ether oxygens (including phenoxy) is 1. The van der Waals surface area contributed by atoms with Crippen LogP contribution < -0.4 is 11.5 Å². The van der Waals surface area contributed by atoms with Crippen LogP contribution in [0, 0.1) is 0 Å². The number of anilines is 1. The molecule has 0 saturated heterocycles. The van der Waals surface area contributed by atoms with Gasteiger partial charge in [-0.1, -0.05) is 11.6 Å². The van der Waals surface area contributed by atoms with Gasteiger partial charge in [0.1, 0.15) is 0 Å². The third-order valence-electron chi connectivity index (χ3n) is 2.24. The van der Waals surface area contributed by atoms with E-state index in [9.17, 15) is 9.18 Å². The summed E-state index contributed by atoms with van der Waals surface area (Å²) in [6, 6.07) is 3.32. The molecule has 0 amide bonds. The van der Waals surface area contributed by atoms with Gasteiger partial charge in [0.25, 0.3) is 0 Å². The summed E-state index contributed by atoms with van der Waals surface area (Å²) in [6.45, 7) is 1.68. The Morgan fingerprint density at radius 1 is 1.59 bits per heavy atom. The number of rotatable bonds is 4. The summed E-state index contributed by atoms with van der Waals surface area (Å²) in [5, 5.41) is 0.376. The maximum absolute atomic E-state index is 13.7. The monoisotopic (exact) mass is 260 g/mol. The highest BCUT2D eigenvalue weighted by atomic mass is 35.5. The predicted molar refractivity (Wildman–Crippen MR) is 64.3 cm³/mol. The molecule has 4 nitrogen and oxygen atoms in total. The number of carbonyl (C=O) groups is 1. The second-order valence-electron chi connectivity index (χ2n) is 3.45. The third-order valence-corrected chi connectivity index (χ3v) is 2.47. The number of nitrogens with two attached hydrogens (primary N) is 2. The number of nitrogen functional groups attached to an aromatic ring is 1. The van der Waals surface area contributed by atoms with Crippen LogP contribution in [0.2, 0.25) is 5.02 Å². The summed E-state index contributed by atoms with van der Waals surface area (Å²) >= 11 is 5.76. The van der Waals surface area contributed by atoms with E-state index < -0.39 is 18.2 Å². The van der Waals surface area contributed by atoms with Crippen molar-refractivity contribution in [2.45, 2.75) is 19.1 Å². The molecular formula is C11H14ClFN2O2. The van der Waals surface area contributed by atoms with Crippen molar-refractivity contribution in [1.82, 2.24) is 0 Å². The minimum atomic E-state index is -1.96. The van der Waals surface area contributed by atoms with E-state index in [1.807, 2.05) is 0 Å². The van der Waals surface area contributed by atoms with Crippen molar-refractivity contribution in [3.63, 3.8) is 0 Å². The standard InChI is InChI=1S/C11H14ClFN2O2/c1-2-17-11(16)9(13)10(15)7-5-6(12)3-4-8(7)14/h3-5,9-10H,2,14-15H2,1H3/t9?,10-/m1/s1. The molecule has 0 bridgehead atoms. The predicted octanol–water partition coefficient (Wildman–Crippen LogP) is 1.82. The largest absolute Gasteiger partial charge is 0.464 e. The average Bonchev–Trinajstić information content (AvgIpc) is 2.30. The van der Waals surface area contributed by atoms with E-state index in [1.165, 1.54) is 12.1 Å². The lowest BCUT2D eigenvalue weighted by molar-refractivity contribution is -0.149. The molecule has 1 unspecified atom stereocenters. The summed E-state index contributed by atoms with van der Waals surface area (Å²) in [5.74, 6) is -1.00. The van der Waals surface area contributed by atoms with Crippen molar-refractivity contribution < 1.29 is 13.9 Å². The Bertz CT molecular complexity index is 414. The molecule has 2 atom stereocenters. The number of alkyl halides is 1. The van der Waals surface area contributed by atoms with Crippen molar-refractivity contribution in [2.24, 2.45) is 5.73 Å². The van der Waals surface area contributed by atoms with Crippen LogP contribution in [0.4, 0.5) is 10.1 Å². The molecule has 0 spiro atoms. The van der Waals surface area contributed by atoms with Crippen LogP contribution in [-0.4, -0.2) is 18.7 Å². The quantitative estimate of drug-likeness (QED) is 0.639. The topological polar surface area (TPSA) is 78.3 Å². The molecule has 6 heteroatoms. The second kappa shape index (κ2) is 5.84. The fourth-order valence-electron chi connectivity index (χ4n) is 1.36. The number of carbonyl (C=O) groups excluding carboxylic acids is 1. The van der Waals surface area contributed by atoms with Gasteiger partial charge in [-0.15, -0.1) is 0 Å². The number of benzene rings is 1. The zero-order chi connectivity index (χ0) is 13.0. The van der Waals surface area contributed by atoms with E-state index in [1.54, 1.807) is 13.0 Å². The van der Waals surface area contributed by atoms with Crippen LogP contribution in [0.15, 0.2) is 18.2 Å². The molecule has 0 aliphatic carbocycles. The highest BCUT2D eigenvalue weighted by molar-refractivity contribution is 6.30. The molecule has 17 heavy (non-hydrogen) atoms. The van der Waals surface area contributed by atoms with Crippen LogP contribution in [0.1, 0.15) is 18.5 Å². The van der Waals surface area contributed by atoms with Gasteiger partial charge in [-0.25, -0.2) is 9.18 Å². The lowest BCUT2D eigenvalue weighted by atomic mass is 10.0. The molecule has 0 aliphatic rings. The molecule has 0 saturated carbocycles. The minimum Gasteiger partial charge on any atom is -0.464 e. The highest BCUT2D eigenvalue weighted by Gasteiger charge is 2.29. The lowest BCUT2D eigenvalue weighted by Gasteiger charge is -2.17. The average molecular weight is 261 g/mol. The van der Waals surface area contributed by atoms with Crippen molar-refractivity contribution >= 4 is 23.3 Å².